The van der Waals surface area contributed by atoms with Crippen molar-refractivity contribution in [3.8, 4) is 5.75 Å². The van der Waals surface area contributed by atoms with Crippen LogP contribution in [0.1, 0.15) is 38.9 Å². The minimum Gasteiger partial charge on any atom is -0.487 e. The molecule has 0 amide bonds. The molecule has 2 aromatic heterocycles. The zero-order valence-corrected chi connectivity index (χ0v) is 23.1. The fourth-order valence-electron chi connectivity index (χ4n) is 5.61. The SMILES string of the molecule is CO[C@H]1CN(c2nc(C(C)C)no2)CCC1[C@H](C)Oc1cnc(N2C[C@H](C3=CC(F)C(F)C=C3F)[C@@H](N)C2)nc1. The molecule has 2 N–H and O–H groups in total. The Hall–Kier alpha value is -3.19. The minimum atomic E-state index is -1.98. The molecule has 3 aliphatic rings. The molecule has 13 heteroatoms. The molecular weight excluding hydrogens is 527 g/mol. The first-order chi connectivity index (χ1) is 19.1. The summed E-state index contributed by atoms with van der Waals surface area (Å²) >= 11 is 0. The number of hydrogen-bond acceptors (Lipinski definition) is 10. The van der Waals surface area contributed by atoms with E-state index >= 15 is 0 Å². The molecule has 0 spiro atoms. The molecule has 2 aromatic rings. The topological polar surface area (TPSA) is 116 Å². The summed E-state index contributed by atoms with van der Waals surface area (Å²) in [4.78, 5) is 17.2. The second-order valence-electron chi connectivity index (χ2n) is 11.0. The third-order valence-corrected chi connectivity index (χ3v) is 7.94. The molecule has 0 bridgehead atoms. The number of alkyl halides is 2. The highest BCUT2D eigenvalue weighted by molar-refractivity contribution is 5.42. The van der Waals surface area contributed by atoms with Gasteiger partial charge in [0.15, 0.2) is 23.9 Å². The zero-order valence-electron chi connectivity index (χ0n) is 23.1. The molecule has 3 unspecified atom stereocenters. The number of halogens is 3. The lowest BCUT2D eigenvalue weighted by Crippen LogP contribution is -2.49. The van der Waals surface area contributed by atoms with Crippen molar-refractivity contribution in [3.05, 3.63) is 41.8 Å². The molecule has 1 aliphatic carbocycles. The molecular formula is C27H36F3N7O3. The lowest BCUT2D eigenvalue weighted by atomic mass is 9.89. The van der Waals surface area contributed by atoms with E-state index in [0.717, 1.165) is 19.0 Å². The van der Waals surface area contributed by atoms with Crippen LogP contribution in [-0.2, 0) is 4.74 Å². The Labute approximate surface area is 231 Å². The summed E-state index contributed by atoms with van der Waals surface area (Å²) in [5.41, 5.74) is 6.34. The van der Waals surface area contributed by atoms with E-state index in [1.54, 1.807) is 19.5 Å². The van der Waals surface area contributed by atoms with Crippen molar-refractivity contribution in [1.29, 1.82) is 0 Å². The standard InChI is InChI=1S/C27H36F3N7O3/c1-14(2)25-34-27(40-35-25)36-6-5-17(24(13-36)38-4)15(3)39-16-9-32-26(33-10-16)37-11-19(23(31)12-37)18-7-21(29)22(30)8-20(18)28/h7-10,14-15,17,19,21-24H,5-6,11-13,31H2,1-4H3/t15-,17?,19+,21?,22?,23-,24-/m0/s1. The largest absolute Gasteiger partial charge is 0.487 e. The summed E-state index contributed by atoms with van der Waals surface area (Å²) < 4.78 is 59.2. The van der Waals surface area contributed by atoms with Crippen molar-refractivity contribution in [1.82, 2.24) is 20.1 Å². The number of allylic oxidation sites excluding steroid dienone is 3. The number of anilines is 2. The highest BCUT2D eigenvalue weighted by atomic mass is 19.2. The number of methoxy groups -OCH3 is 1. The average Bonchev–Trinajstić information content (AvgIpc) is 3.58. The Morgan fingerprint density at radius 2 is 1.77 bits per heavy atom. The van der Waals surface area contributed by atoms with E-state index in [0.29, 0.717) is 49.2 Å². The first-order valence-electron chi connectivity index (χ1n) is 13.6. The van der Waals surface area contributed by atoms with Gasteiger partial charge in [-0.05, 0) is 31.1 Å². The Morgan fingerprint density at radius 1 is 1.05 bits per heavy atom. The molecule has 2 aliphatic heterocycles. The summed E-state index contributed by atoms with van der Waals surface area (Å²) in [5, 5.41) is 4.06. The molecule has 10 nitrogen and oxygen atoms in total. The van der Waals surface area contributed by atoms with Crippen molar-refractivity contribution < 1.29 is 27.2 Å². The highest BCUT2D eigenvalue weighted by Gasteiger charge is 2.39. The fourth-order valence-corrected chi connectivity index (χ4v) is 5.61. The van der Waals surface area contributed by atoms with E-state index in [9.17, 15) is 13.2 Å². The lowest BCUT2D eigenvalue weighted by molar-refractivity contribution is -0.00805. The van der Waals surface area contributed by atoms with Gasteiger partial charge in [-0.1, -0.05) is 19.0 Å². The van der Waals surface area contributed by atoms with Gasteiger partial charge in [0.1, 0.15) is 11.9 Å². The molecule has 2 saturated heterocycles. The van der Waals surface area contributed by atoms with Crippen LogP contribution in [0.3, 0.4) is 0 Å². The van der Waals surface area contributed by atoms with Gasteiger partial charge in [0, 0.05) is 57.1 Å². The Bertz CT molecular complexity index is 1220. The van der Waals surface area contributed by atoms with Crippen molar-refractivity contribution in [2.75, 3.05) is 43.1 Å². The van der Waals surface area contributed by atoms with Crippen LogP contribution in [0, 0.1) is 11.8 Å². The summed E-state index contributed by atoms with van der Waals surface area (Å²) in [5.74, 6) is 0.620. The van der Waals surface area contributed by atoms with E-state index in [-0.39, 0.29) is 29.6 Å². The van der Waals surface area contributed by atoms with Crippen LogP contribution in [-0.4, -0.2) is 84.0 Å². The predicted molar refractivity (Wildman–Crippen MR) is 142 cm³/mol. The van der Waals surface area contributed by atoms with E-state index in [2.05, 4.69) is 20.1 Å². The molecule has 0 radical (unpaired) electrons. The van der Waals surface area contributed by atoms with Gasteiger partial charge in [0.05, 0.1) is 18.5 Å². The van der Waals surface area contributed by atoms with E-state index < -0.39 is 30.1 Å². The summed E-state index contributed by atoms with van der Waals surface area (Å²) in [7, 11) is 1.68. The number of piperidine rings is 1. The van der Waals surface area contributed by atoms with Crippen molar-refractivity contribution >= 4 is 12.0 Å². The first kappa shape index (κ1) is 28.3. The van der Waals surface area contributed by atoms with Gasteiger partial charge in [0.2, 0.25) is 5.95 Å². The van der Waals surface area contributed by atoms with Gasteiger partial charge in [-0.3, -0.25) is 0 Å². The average molecular weight is 564 g/mol. The number of hydrogen-bond donors (Lipinski definition) is 1. The highest BCUT2D eigenvalue weighted by Crippen LogP contribution is 2.35. The number of nitrogens with two attached hydrogens (primary N) is 1. The van der Waals surface area contributed by atoms with Crippen LogP contribution in [0.5, 0.6) is 5.75 Å². The number of nitrogens with zero attached hydrogens (tertiary/aromatic N) is 6. The third-order valence-electron chi connectivity index (χ3n) is 7.94. The maximum Gasteiger partial charge on any atom is 0.324 e. The second kappa shape index (κ2) is 11.7. The van der Waals surface area contributed by atoms with E-state index in [1.807, 2.05) is 30.6 Å². The third kappa shape index (κ3) is 5.80. The van der Waals surface area contributed by atoms with Crippen molar-refractivity contribution in [2.24, 2.45) is 17.6 Å². The molecule has 7 atom stereocenters. The van der Waals surface area contributed by atoms with Gasteiger partial charge in [-0.2, -0.15) is 4.98 Å². The van der Waals surface area contributed by atoms with E-state index in [4.69, 9.17) is 19.7 Å². The molecule has 2 fully saturated rings. The zero-order chi connectivity index (χ0) is 28.6. The Kier molecular flexibility index (Phi) is 8.31. The van der Waals surface area contributed by atoms with Crippen molar-refractivity contribution in [3.63, 3.8) is 0 Å². The van der Waals surface area contributed by atoms with Crippen LogP contribution < -0.4 is 20.3 Å². The normalized spacial score (nSPS) is 29.9. The summed E-state index contributed by atoms with van der Waals surface area (Å²) in [6, 6.07) is 0.0227. The molecule has 218 valence electrons. The fraction of sp³-hybridized carbons (Fsp3) is 0.630. The maximum absolute atomic E-state index is 14.4. The van der Waals surface area contributed by atoms with Gasteiger partial charge in [-0.15, -0.1) is 0 Å². The van der Waals surface area contributed by atoms with Crippen LogP contribution in [0.2, 0.25) is 0 Å². The maximum atomic E-state index is 14.4. The molecule has 4 heterocycles. The second-order valence-corrected chi connectivity index (χ2v) is 11.0. The summed E-state index contributed by atoms with van der Waals surface area (Å²) in [6.45, 7) is 8.00. The Balaban J connectivity index is 1.18. The number of rotatable bonds is 8. The number of aromatic nitrogens is 4. The molecule has 0 saturated carbocycles. The molecule has 0 aromatic carbocycles. The monoisotopic (exact) mass is 563 g/mol. The minimum absolute atomic E-state index is 0.100. The summed E-state index contributed by atoms with van der Waals surface area (Å²) in [6.07, 6.45) is 1.49. The van der Waals surface area contributed by atoms with Crippen molar-refractivity contribution in [2.45, 2.75) is 63.7 Å². The van der Waals surface area contributed by atoms with Crippen LogP contribution in [0.4, 0.5) is 25.1 Å². The Morgan fingerprint density at radius 3 is 2.45 bits per heavy atom. The van der Waals surface area contributed by atoms with Crippen LogP contribution in [0.25, 0.3) is 0 Å². The van der Waals surface area contributed by atoms with Gasteiger partial charge < -0.3 is 29.5 Å². The quantitative estimate of drug-likeness (QED) is 0.512. The predicted octanol–water partition coefficient (Wildman–Crippen LogP) is 3.52. The molecule has 40 heavy (non-hydrogen) atoms. The van der Waals surface area contributed by atoms with E-state index in [1.165, 1.54) is 0 Å². The smallest absolute Gasteiger partial charge is 0.324 e. The van der Waals surface area contributed by atoms with Gasteiger partial charge in [-0.25, -0.2) is 23.1 Å². The van der Waals surface area contributed by atoms with Crippen LogP contribution >= 0.6 is 0 Å². The van der Waals surface area contributed by atoms with Gasteiger partial charge in [0.25, 0.3) is 0 Å². The van der Waals surface area contributed by atoms with Gasteiger partial charge >= 0.3 is 6.01 Å². The molecule has 5 rings (SSSR count). The lowest BCUT2D eigenvalue weighted by Gasteiger charge is -2.39. The number of ether oxygens (including phenoxy) is 2. The van der Waals surface area contributed by atoms with Crippen LogP contribution in [0.15, 0.2) is 40.5 Å². The first-order valence-corrected chi connectivity index (χ1v) is 13.6.